The quantitative estimate of drug-likeness (QED) is 0.368. The largest absolute Gasteiger partial charge is 0.494 e. The molecule has 1 aliphatic heterocycles. The van der Waals surface area contributed by atoms with Crippen LogP contribution in [0, 0.1) is 28.6 Å². The van der Waals surface area contributed by atoms with Crippen LogP contribution in [0.5, 0.6) is 5.75 Å². The first kappa shape index (κ1) is 28.4. The van der Waals surface area contributed by atoms with Crippen molar-refractivity contribution in [2.24, 2.45) is 28.6 Å². The van der Waals surface area contributed by atoms with Gasteiger partial charge in [0.25, 0.3) is 0 Å². The van der Waals surface area contributed by atoms with Crippen LogP contribution in [0.1, 0.15) is 109 Å². The molecule has 2 N–H and O–H groups in total. The zero-order valence-corrected chi connectivity index (χ0v) is 25.1. The predicted octanol–water partition coefficient (Wildman–Crippen LogP) is 6.94. The lowest BCUT2D eigenvalue weighted by molar-refractivity contribution is -0.137. The Hall–Kier alpha value is -1.69. The third-order valence-electron chi connectivity index (χ3n) is 12.3. The average Bonchev–Trinajstić information content (AvgIpc) is 3.23. The van der Waals surface area contributed by atoms with E-state index in [1.807, 2.05) is 6.08 Å². The Bertz CT molecular complexity index is 1110. The van der Waals surface area contributed by atoms with E-state index in [9.17, 15) is 9.90 Å². The van der Waals surface area contributed by atoms with Crippen molar-refractivity contribution in [3.63, 3.8) is 0 Å². The fourth-order valence-corrected chi connectivity index (χ4v) is 9.97. The maximum Gasteiger partial charge on any atom is 0.155 e. The standard InChI is InChI=1S/C35H51NO4/c1-4-32(36-26-13-19-39-20-14-26)24-6-5-7-28(22-24)40-21-18-35-17-12-30-29(31(35)11-16-34(35,3)38)9-8-25-23-27(37)10-15-33(25,30)2/h5-7,22-23,26,29-32,36,38H,4,8-21H2,1-3H3/t29?,30?,31?,32?,33-,34?,35+/m0/s1. The summed E-state index contributed by atoms with van der Waals surface area (Å²) in [5.41, 5.74) is 2.16. The van der Waals surface area contributed by atoms with Gasteiger partial charge in [-0.05, 0) is 124 Å². The number of carbonyl (C=O) groups excluding carboxylic acids is 1. The van der Waals surface area contributed by atoms with Gasteiger partial charge in [-0.15, -0.1) is 0 Å². The zero-order valence-electron chi connectivity index (χ0n) is 25.1. The highest BCUT2D eigenvalue weighted by molar-refractivity contribution is 5.91. The van der Waals surface area contributed by atoms with Crippen molar-refractivity contribution >= 4 is 5.78 Å². The number of nitrogens with one attached hydrogen (secondary N) is 1. The van der Waals surface area contributed by atoms with E-state index in [1.54, 1.807) is 0 Å². The van der Waals surface area contributed by atoms with Gasteiger partial charge in [-0.2, -0.15) is 0 Å². The Balaban J connectivity index is 1.14. The van der Waals surface area contributed by atoms with E-state index in [0.717, 1.165) is 83.2 Å². The van der Waals surface area contributed by atoms with E-state index >= 15 is 0 Å². The molecule has 5 unspecified atom stereocenters. The minimum Gasteiger partial charge on any atom is -0.494 e. The van der Waals surface area contributed by atoms with Gasteiger partial charge in [0.05, 0.1) is 12.2 Å². The van der Waals surface area contributed by atoms with Crippen LogP contribution in [0.3, 0.4) is 0 Å². The number of ketones is 1. The van der Waals surface area contributed by atoms with Crippen LogP contribution in [-0.2, 0) is 9.53 Å². The molecule has 1 saturated heterocycles. The van der Waals surface area contributed by atoms with Crippen molar-refractivity contribution in [2.75, 3.05) is 19.8 Å². The molecule has 3 saturated carbocycles. The molecule has 1 heterocycles. The van der Waals surface area contributed by atoms with Gasteiger partial charge < -0.3 is 19.9 Å². The number of benzene rings is 1. The van der Waals surface area contributed by atoms with E-state index in [0.29, 0.717) is 48.6 Å². The number of fused-ring (bicyclic) bond motifs is 5. The summed E-state index contributed by atoms with van der Waals surface area (Å²) in [5, 5.41) is 15.7. The second-order valence-corrected chi connectivity index (χ2v) is 14.2. The fourth-order valence-electron chi connectivity index (χ4n) is 9.97. The number of carbonyl (C=O) groups is 1. The molecule has 6 rings (SSSR count). The Morgan fingerprint density at radius 2 is 1.85 bits per heavy atom. The molecule has 1 aromatic rings. The molecule has 5 heteroatoms. The summed E-state index contributed by atoms with van der Waals surface area (Å²) in [6.07, 6.45) is 14.3. The molecular formula is C35H51NO4. The first-order valence-corrected chi connectivity index (χ1v) is 16.3. The number of hydrogen-bond donors (Lipinski definition) is 2. The Kier molecular flexibility index (Phi) is 7.95. The molecule has 220 valence electrons. The molecule has 5 nitrogen and oxygen atoms in total. The molecule has 1 aromatic carbocycles. The number of aliphatic hydroxyl groups is 1. The van der Waals surface area contributed by atoms with Crippen LogP contribution < -0.4 is 10.1 Å². The summed E-state index contributed by atoms with van der Waals surface area (Å²) in [5.74, 6) is 3.09. The third-order valence-corrected chi connectivity index (χ3v) is 12.3. The Morgan fingerprint density at radius 1 is 1.05 bits per heavy atom. The monoisotopic (exact) mass is 549 g/mol. The second kappa shape index (κ2) is 11.2. The molecule has 0 aromatic heterocycles. The maximum absolute atomic E-state index is 12.2. The fraction of sp³-hybridized carbons (Fsp3) is 0.743. The van der Waals surface area contributed by atoms with Crippen LogP contribution >= 0.6 is 0 Å². The lowest BCUT2D eigenvalue weighted by Gasteiger charge is -2.59. The van der Waals surface area contributed by atoms with Crippen molar-refractivity contribution in [3.05, 3.63) is 41.5 Å². The molecule has 0 bridgehead atoms. The normalized spacial score (nSPS) is 38.6. The third kappa shape index (κ3) is 4.98. The van der Waals surface area contributed by atoms with Gasteiger partial charge in [-0.25, -0.2) is 0 Å². The van der Waals surface area contributed by atoms with Crippen LogP contribution in [-0.4, -0.2) is 42.4 Å². The van der Waals surface area contributed by atoms with Crippen LogP contribution in [0.4, 0.5) is 0 Å². The van der Waals surface area contributed by atoms with E-state index in [1.165, 1.54) is 17.6 Å². The maximum atomic E-state index is 12.2. The van der Waals surface area contributed by atoms with Crippen molar-refractivity contribution in [1.29, 1.82) is 0 Å². The van der Waals surface area contributed by atoms with Gasteiger partial charge in [-0.3, -0.25) is 4.79 Å². The minimum absolute atomic E-state index is 0.0790. The molecular weight excluding hydrogens is 498 g/mol. The topological polar surface area (TPSA) is 67.8 Å². The second-order valence-electron chi connectivity index (χ2n) is 14.2. The summed E-state index contributed by atoms with van der Waals surface area (Å²) < 4.78 is 12.0. The molecule has 0 spiro atoms. The van der Waals surface area contributed by atoms with Gasteiger partial charge in [0.1, 0.15) is 5.75 Å². The van der Waals surface area contributed by atoms with Crippen molar-refractivity contribution in [2.45, 2.75) is 116 Å². The van der Waals surface area contributed by atoms with E-state index in [-0.39, 0.29) is 10.8 Å². The highest BCUT2D eigenvalue weighted by Gasteiger charge is 2.64. The van der Waals surface area contributed by atoms with Gasteiger partial charge in [-0.1, -0.05) is 31.6 Å². The van der Waals surface area contributed by atoms with E-state index in [2.05, 4.69) is 50.4 Å². The highest BCUT2D eigenvalue weighted by atomic mass is 16.5. The van der Waals surface area contributed by atoms with Crippen molar-refractivity contribution in [3.8, 4) is 5.75 Å². The number of ether oxygens (including phenoxy) is 2. The highest BCUT2D eigenvalue weighted by Crippen LogP contribution is 2.68. The molecule has 5 aliphatic rings. The lowest BCUT2D eigenvalue weighted by atomic mass is 9.45. The summed E-state index contributed by atoms with van der Waals surface area (Å²) in [6, 6.07) is 9.49. The molecule has 0 radical (unpaired) electrons. The smallest absolute Gasteiger partial charge is 0.155 e. The number of rotatable bonds is 8. The molecule has 7 atom stereocenters. The molecule has 40 heavy (non-hydrogen) atoms. The number of hydrogen-bond acceptors (Lipinski definition) is 5. The van der Waals surface area contributed by atoms with Gasteiger partial charge >= 0.3 is 0 Å². The van der Waals surface area contributed by atoms with Gasteiger partial charge in [0, 0.05) is 37.1 Å². The molecule has 4 fully saturated rings. The van der Waals surface area contributed by atoms with Crippen LogP contribution in [0.25, 0.3) is 0 Å². The number of allylic oxidation sites excluding steroid dienone is 1. The van der Waals surface area contributed by atoms with E-state index in [4.69, 9.17) is 9.47 Å². The lowest BCUT2D eigenvalue weighted by Crippen LogP contribution is -2.55. The van der Waals surface area contributed by atoms with E-state index < -0.39 is 5.60 Å². The SMILES string of the molecule is CCC(NC1CCOCC1)c1cccc(OCC[C@]23CCC4C(CCC5=CC(=O)CC[C@@]54C)C2CCC3(C)O)c1. The van der Waals surface area contributed by atoms with Gasteiger partial charge in [0.2, 0.25) is 0 Å². The van der Waals surface area contributed by atoms with Crippen LogP contribution in [0.15, 0.2) is 35.9 Å². The summed E-state index contributed by atoms with van der Waals surface area (Å²) >= 11 is 0. The average molecular weight is 550 g/mol. The zero-order chi connectivity index (χ0) is 28.0. The van der Waals surface area contributed by atoms with Crippen LogP contribution in [0.2, 0.25) is 0 Å². The summed E-state index contributed by atoms with van der Waals surface area (Å²) in [4.78, 5) is 12.2. The van der Waals surface area contributed by atoms with Crippen molar-refractivity contribution < 1.29 is 19.4 Å². The molecule has 0 amide bonds. The summed E-state index contributed by atoms with van der Waals surface area (Å²) in [7, 11) is 0. The Morgan fingerprint density at radius 3 is 2.65 bits per heavy atom. The Labute approximate surface area is 241 Å². The first-order valence-electron chi connectivity index (χ1n) is 16.3. The minimum atomic E-state index is -0.645. The predicted molar refractivity (Wildman–Crippen MR) is 158 cm³/mol. The van der Waals surface area contributed by atoms with Crippen molar-refractivity contribution in [1.82, 2.24) is 5.32 Å². The first-order chi connectivity index (χ1) is 19.3. The van der Waals surface area contributed by atoms with Gasteiger partial charge in [0.15, 0.2) is 5.78 Å². The summed E-state index contributed by atoms with van der Waals surface area (Å²) in [6.45, 7) is 9.15. The molecule has 4 aliphatic carbocycles.